The topological polar surface area (TPSA) is 63.7 Å². The van der Waals surface area contributed by atoms with Gasteiger partial charge in [-0.2, -0.15) is 0 Å². The first-order valence-electron chi connectivity index (χ1n) is 7.77. The van der Waals surface area contributed by atoms with Crippen molar-refractivity contribution in [3.05, 3.63) is 48.0 Å². The van der Waals surface area contributed by atoms with Gasteiger partial charge < -0.3 is 9.64 Å². The quantitative estimate of drug-likeness (QED) is 0.470. The van der Waals surface area contributed by atoms with E-state index < -0.39 is 17.6 Å². The molecule has 3 rings (SSSR count). The van der Waals surface area contributed by atoms with E-state index in [-0.39, 0.29) is 23.7 Å². The van der Waals surface area contributed by atoms with Gasteiger partial charge in [0.05, 0.1) is 18.8 Å². The van der Waals surface area contributed by atoms with Gasteiger partial charge in [0, 0.05) is 25.4 Å². The summed E-state index contributed by atoms with van der Waals surface area (Å²) < 4.78 is 5.26. The summed E-state index contributed by atoms with van der Waals surface area (Å²) in [5, 5.41) is 0. The molecule has 1 saturated heterocycles. The van der Waals surface area contributed by atoms with E-state index in [1.807, 2.05) is 30.3 Å². The lowest BCUT2D eigenvalue weighted by atomic mass is 9.71. The van der Waals surface area contributed by atoms with Crippen molar-refractivity contribution < 1.29 is 19.1 Å². The molecule has 2 aliphatic rings. The normalized spacial score (nSPS) is 25.6. The van der Waals surface area contributed by atoms with Gasteiger partial charge in [-0.1, -0.05) is 36.9 Å². The molecule has 0 N–H and O–H groups in total. The van der Waals surface area contributed by atoms with Crippen molar-refractivity contribution in [3.8, 4) is 0 Å². The number of rotatable bonds is 2. The van der Waals surface area contributed by atoms with Crippen molar-refractivity contribution in [2.45, 2.75) is 12.3 Å². The SMILES string of the molecule is C=C1C(=O)CC(c2ccccc2)C(C(=O)N2CCOCC2)C1=O. The molecule has 0 spiro atoms. The number of hydrogen-bond acceptors (Lipinski definition) is 4. The van der Waals surface area contributed by atoms with Crippen LogP contribution in [-0.2, 0) is 19.1 Å². The van der Waals surface area contributed by atoms with Gasteiger partial charge in [0.2, 0.25) is 5.91 Å². The Bertz CT molecular complexity index is 646. The molecular weight excluding hydrogens is 294 g/mol. The zero-order valence-electron chi connectivity index (χ0n) is 12.9. The maximum absolute atomic E-state index is 12.9. The summed E-state index contributed by atoms with van der Waals surface area (Å²) in [6.45, 7) is 5.49. The molecule has 1 aromatic carbocycles. The van der Waals surface area contributed by atoms with Gasteiger partial charge in [-0.25, -0.2) is 0 Å². The first kappa shape index (κ1) is 15.6. The second kappa shape index (κ2) is 6.46. The van der Waals surface area contributed by atoms with Crippen LogP contribution in [0.2, 0.25) is 0 Å². The third kappa shape index (κ3) is 2.97. The lowest BCUT2D eigenvalue weighted by molar-refractivity contribution is -0.146. The number of amides is 1. The predicted octanol–water partition coefficient (Wildman–Crippen LogP) is 1.34. The molecule has 2 atom stereocenters. The standard InChI is InChI=1S/C18H19NO4/c1-12-15(20)11-14(13-5-3-2-4-6-13)16(17(12)21)18(22)19-7-9-23-10-8-19/h2-6,14,16H,1,7-11H2. The number of Topliss-reactive ketones (excluding diaryl/α,β-unsaturated/α-hetero) is 2. The van der Waals surface area contributed by atoms with Crippen molar-refractivity contribution in [2.24, 2.45) is 5.92 Å². The molecule has 120 valence electrons. The van der Waals surface area contributed by atoms with Crippen molar-refractivity contribution in [1.82, 2.24) is 4.90 Å². The lowest BCUT2D eigenvalue weighted by Gasteiger charge is -2.35. The molecule has 0 aromatic heterocycles. The number of ketones is 2. The summed E-state index contributed by atoms with van der Waals surface area (Å²) in [6, 6.07) is 9.29. The molecule has 1 heterocycles. The zero-order chi connectivity index (χ0) is 16.4. The van der Waals surface area contributed by atoms with Gasteiger partial charge in [0.15, 0.2) is 11.6 Å². The van der Waals surface area contributed by atoms with Gasteiger partial charge in [0.25, 0.3) is 0 Å². The molecular formula is C18H19NO4. The number of morpholine rings is 1. The number of benzene rings is 1. The highest BCUT2D eigenvalue weighted by atomic mass is 16.5. The molecule has 0 radical (unpaired) electrons. The van der Waals surface area contributed by atoms with Crippen LogP contribution in [0.25, 0.3) is 0 Å². The lowest BCUT2D eigenvalue weighted by Crippen LogP contribution is -2.49. The summed E-state index contributed by atoms with van der Waals surface area (Å²) >= 11 is 0. The summed E-state index contributed by atoms with van der Waals surface area (Å²) in [5.74, 6) is -2.21. The maximum Gasteiger partial charge on any atom is 0.234 e. The Hall–Kier alpha value is -2.27. The van der Waals surface area contributed by atoms with Crippen molar-refractivity contribution >= 4 is 17.5 Å². The number of allylic oxidation sites excluding steroid dienone is 1. The second-order valence-electron chi connectivity index (χ2n) is 5.90. The van der Waals surface area contributed by atoms with E-state index in [0.29, 0.717) is 26.3 Å². The van der Waals surface area contributed by atoms with Crippen LogP contribution in [0, 0.1) is 5.92 Å². The first-order chi connectivity index (χ1) is 11.1. The molecule has 1 amide bonds. The van der Waals surface area contributed by atoms with Crippen molar-refractivity contribution in [3.63, 3.8) is 0 Å². The number of carbonyl (C=O) groups is 3. The minimum Gasteiger partial charge on any atom is -0.378 e. The number of nitrogens with zero attached hydrogens (tertiary/aromatic N) is 1. The Kier molecular flexibility index (Phi) is 4.39. The number of ether oxygens (including phenoxy) is 1. The molecule has 1 aromatic rings. The van der Waals surface area contributed by atoms with Crippen LogP contribution in [0.5, 0.6) is 0 Å². The minimum atomic E-state index is -0.860. The van der Waals surface area contributed by atoms with Crippen LogP contribution in [-0.4, -0.2) is 48.7 Å². The van der Waals surface area contributed by atoms with Crippen LogP contribution >= 0.6 is 0 Å². The molecule has 2 unspecified atom stereocenters. The molecule has 23 heavy (non-hydrogen) atoms. The fourth-order valence-corrected chi connectivity index (χ4v) is 3.22. The van der Waals surface area contributed by atoms with E-state index in [1.54, 1.807) is 4.90 Å². The molecule has 1 aliphatic carbocycles. The summed E-state index contributed by atoms with van der Waals surface area (Å²) in [5.41, 5.74) is 0.789. The van der Waals surface area contributed by atoms with E-state index >= 15 is 0 Å². The highest BCUT2D eigenvalue weighted by Crippen LogP contribution is 2.37. The largest absolute Gasteiger partial charge is 0.378 e. The molecule has 5 nitrogen and oxygen atoms in total. The molecule has 5 heteroatoms. The van der Waals surface area contributed by atoms with E-state index in [0.717, 1.165) is 5.56 Å². The molecule has 1 saturated carbocycles. The highest BCUT2D eigenvalue weighted by molar-refractivity contribution is 6.27. The summed E-state index contributed by atoms with van der Waals surface area (Å²) in [6.07, 6.45) is 0.148. The first-order valence-corrected chi connectivity index (χ1v) is 7.77. The van der Waals surface area contributed by atoms with Gasteiger partial charge >= 0.3 is 0 Å². The Morgan fingerprint density at radius 3 is 2.43 bits per heavy atom. The van der Waals surface area contributed by atoms with E-state index in [1.165, 1.54) is 0 Å². The van der Waals surface area contributed by atoms with Gasteiger partial charge in [0.1, 0.15) is 5.92 Å². The van der Waals surface area contributed by atoms with E-state index in [9.17, 15) is 14.4 Å². The Balaban J connectivity index is 1.94. The Labute approximate surface area is 134 Å². The number of carbonyl (C=O) groups excluding carboxylic acids is 3. The zero-order valence-corrected chi connectivity index (χ0v) is 12.9. The van der Waals surface area contributed by atoms with Gasteiger partial charge in [-0.15, -0.1) is 0 Å². The molecule has 0 bridgehead atoms. The monoisotopic (exact) mass is 313 g/mol. The molecule has 1 aliphatic heterocycles. The van der Waals surface area contributed by atoms with E-state index in [2.05, 4.69) is 6.58 Å². The number of hydrogen-bond donors (Lipinski definition) is 0. The van der Waals surface area contributed by atoms with Crippen molar-refractivity contribution in [1.29, 1.82) is 0 Å². The minimum absolute atomic E-state index is 0.0520. The third-order valence-corrected chi connectivity index (χ3v) is 4.54. The van der Waals surface area contributed by atoms with Crippen LogP contribution in [0.1, 0.15) is 17.9 Å². The second-order valence-corrected chi connectivity index (χ2v) is 5.90. The maximum atomic E-state index is 12.9. The highest BCUT2D eigenvalue weighted by Gasteiger charge is 2.45. The smallest absolute Gasteiger partial charge is 0.234 e. The van der Waals surface area contributed by atoms with Gasteiger partial charge in [-0.05, 0) is 5.56 Å². The Morgan fingerprint density at radius 1 is 1.13 bits per heavy atom. The fraction of sp³-hybridized carbons (Fsp3) is 0.389. The Morgan fingerprint density at radius 2 is 1.78 bits per heavy atom. The van der Waals surface area contributed by atoms with Crippen LogP contribution in [0.15, 0.2) is 42.5 Å². The predicted molar refractivity (Wildman–Crippen MR) is 83.8 cm³/mol. The van der Waals surface area contributed by atoms with Gasteiger partial charge in [-0.3, -0.25) is 14.4 Å². The van der Waals surface area contributed by atoms with Crippen LogP contribution < -0.4 is 0 Å². The average molecular weight is 313 g/mol. The van der Waals surface area contributed by atoms with Crippen molar-refractivity contribution in [2.75, 3.05) is 26.3 Å². The summed E-state index contributed by atoms with van der Waals surface area (Å²) in [4.78, 5) is 39.2. The summed E-state index contributed by atoms with van der Waals surface area (Å²) in [7, 11) is 0. The van der Waals surface area contributed by atoms with Crippen LogP contribution in [0.4, 0.5) is 0 Å². The molecule has 2 fully saturated rings. The third-order valence-electron chi connectivity index (χ3n) is 4.54. The van der Waals surface area contributed by atoms with E-state index in [4.69, 9.17) is 4.74 Å². The van der Waals surface area contributed by atoms with Crippen LogP contribution in [0.3, 0.4) is 0 Å². The average Bonchev–Trinajstić information content (AvgIpc) is 2.60. The fourth-order valence-electron chi connectivity index (χ4n) is 3.22.